The molecule has 0 radical (unpaired) electrons. The lowest BCUT2D eigenvalue weighted by Gasteiger charge is -2.23. The minimum absolute atomic E-state index is 0.0422. The van der Waals surface area contributed by atoms with E-state index in [1.807, 2.05) is 5.38 Å². The van der Waals surface area contributed by atoms with Crippen molar-refractivity contribution in [2.45, 2.75) is 30.0 Å². The number of aliphatic carboxylic acids is 1. The van der Waals surface area contributed by atoms with Gasteiger partial charge in [0, 0.05) is 11.1 Å². The summed E-state index contributed by atoms with van der Waals surface area (Å²) in [5.74, 6) is 1.19. The zero-order chi connectivity index (χ0) is 10.7. The molecule has 5 heteroatoms. The van der Waals surface area contributed by atoms with Crippen molar-refractivity contribution in [3.05, 3.63) is 11.1 Å². The normalized spacial score (nSPS) is 16.3. The van der Waals surface area contributed by atoms with Crippen LogP contribution in [0.5, 0.6) is 0 Å². The lowest BCUT2D eigenvalue weighted by Crippen LogP contribution is -2.13. The molecule has 0 aromatic carbocycles. The molecule has 0 unspecified atom stereocenters. The summed E-state index contributed by atoms with van der Waals surface area (Å²) in [6.45, 7) is 0. The predicted octanol–water partition coefficient (Wildman–Crippen LogP) is 2.66. The number of hydrogen-bond donors (Lipinski definition) is 1. The standard InChI is InChI=1S/C10H13NO2S2/c12-9(13)4-8-6-15-10(11-8)14-5-7-2-1-3-7/h6-7H,1-5H2,(H,12,13). The van der Waals surface area contributed by atoms with Crippen LogP contribution < -0.4 is 0 Å². The summed E-state index contributed by atoms with van der Waals surface area (Å²) in [4.78, 5) is 14.7. The van der Waals surface area contributed by atoms with E-state index in [0.29, 0.717) is 5.69 Å². The summed E-state index contributed by atoms with van der Waals surface area (Å²) in [6.07, 6.45) is 4.11. The van der Waals surface area contributed by atoms with Gasteiger partial charge in [0.05, 0.1) is 12.1 Å². The minimum atomic E-state index is -0.809. The number of carbonyl (C=O) groups is 1. The van der Waals surface area contributed by atoms with E-state index in [2.05, 4.69) is 4.98 Å². The number of carboxylic acids is 1. The Kier molecular flexibility index (Phi) is 3.64. The van der Waals surface area contributed by atoms with Crippen molar-refractivity contribution in [3.8, 4) is 0 Å². The van der Waals surface area contributed by atoms with Crippen LogP contribution in [0.4, 0.5) is 0 Å². The molecule has 1 saturated carbocycles. The van der Waals surface area contributed by atoms with Gasteiger partial charge in [-0.1, -0.05) is 18.2 Å². The number of nitrogens with zero attached hydrogens (tertiary/aromatic N) is 1. The molecule has 82 valence electrons. The molecule has 0 spiro atoms. The summed E-state index contributed by atoms with van der Waals surface area (Å²) >= 11 is 3.32. The summed E-state index contributed by atoms with van der Waals surface area (Å²) < 4.78 is 1.01. The number of carboxylic acid groups (broad SMARTS) is 1. The molecule has 2 rings (SSSR count). The van der Waals surface area contributed by atoms with Gasteiger partial charge in [0.25, 0.3) is 0 Å². The zero-order valence-corrected chi connectivity index (χ0v) is 9.94. The first-order chi connectivity index (χ1) is 7.24. The fourth-order valence-corrected chi connectivity index (χ4v) is 3.50. The molecule has 0 atom stereocenters. The molecule has 0 aliphatic heterocycles. The average Bonchev–Trinajstić information content (AvgIpc) is 2.48. The lowest BCUT2D eigenvalue weighted by atomic mass is 9.87. The van der Waals surface area contributed by atoms with E-state index in [-0.39, 0.29) is 6.42 Å². The number of rotatable bonds is 5. The van der Waals surface area contributed by atoms with E-state index in [9.17, 15) is 4.79 Å². The van der Waals surface area contributed by atoms with Crippen LogP contribution in [0, 0.1) is 5.92 Å². The van der Waals surface area contributed by atoms with Crippen molar-refractivity contribution in [1.82, 2.24) is 4.98 Å². The lowest BCUT2D eigenvalue weighted by molar-refractivity contribution is -0.136. The van der Waals surface area contributed by atoms with Crippen molar-refractivity contribution in [1.29, 1.82) is 0 Å². The summed E-state index contributed by atoms with van der Waals surface area (Å²) in [6, 6.07) is 0. The van der Waals surface area contributed by atoms with Crippen molar-refractivity contribution in [3.63, 3.8) is 0 Å². The Morgan fingerprint density at radius 3 is 3.07 bits per heavy atom. The molecule has 3 nitrogen and oxygen atoms in total. The van der Waals surface area contributed by atoms with Crippen LogP contribution in [0.2, 0.25) is 0 Å². The van der Waals surface area contributed by atoms with E-state index in [1.54, 1.807) is 23.1 Å². The van der Waals surface area contributed by atoms with Crippen molar-refractivity contribution in [2.24, 2.45) is 5.92 Å². The molecule has 1 aromatic rings. The first-order valence-electron chi connectivity index (χ1n) is 5.03. The van der Waals surface area contributed by atoms with Crippen LogP contribution in [0.3, 0.4) is 0 Å². The molecule has 1 fully saturated rings. The quantitative estimate of drug-likeness (QED) is 0.808. The molecule has 0 amide bonds. The first-order valence-corrected chi connectivity index (χ1v) is 6.89. The number of hydrogen-bond acceptors (Lipinski definition) is 4. The van der Waals surface area contributed by atoms with Crippen molar-refractivity contribution in [2.75, 3.05) is 5.75 Å². The Hall–Kier alpha value is -0.550. The molecule has 1 heterocycles. The minimum Gasteiger partial charge on any atom is -0.481 e. The Balaban J connectivity index is 1.80. The molecule has 1 aliphatic carbocycles. The van der Waals surface area contributed by atoms with Gasteiger partial charge < -0.3 is 5.11 Å². The topological polar surface area (TPSA) is 50.2 Å². The van der Waals surface area contributed by atoms with Gasteiger partial charge in [-0.05, 0) is 18.8 Å². The molecule has 0 saturated heterocycles. The molecule has 0 bridgehead atoms. The third kappa shape index (κ3) is 3.21. The van der Waals surface area contributed by atoms with E-state index >= 15 is 0 Å². The van der Waals surface area contributed by atoms with Crippen LogP contribution in [-0.4, -0.2) is 21.8 Å². The maximum absolute atomic E-state index is 10.5. The van der Waals surface area contributed by atoms with Gasteiger partial charge in [-0.2, -0.15) is 0 Å². The predicted molar refractivity (Wildman–Crippen MR) is 61.5 cm³/mol. The summed E-state index contributed by atoms with van der Waals surface area (Å²) in [5, 5.41) is 10.4. The van der Waals surface area contributed by atoms with Crippen LogP contribution in [0.25, 0.3) is 0 Å². The second kappa shape index (κ2) is 4.99. The van der Waals surface area contributed by atoms with Crippen molar-refractivity contribution >= 4 is 29.1 Å². The monoisotopic (exact) mass is 243 g/mol. The number of thiazole rings is 1. The highest BCUT2D eigenvalue weighted by Gasteiger charge is 2.18. The number of thioether (sulfide) groups is 1. The third-order valence-electron chi connectivity index (χ3n) is 2.53. The van der Waals surface area contributed by atoms with Crippen LogP contribution in [0.1, 0.15) is 25.0 Å². The SMILES string of the molecule is O=C(O)Cc1csc(SCC2CCC2)n1. The highest BCUT2D eigenvalue weighted by atomic mass is 32.2. The van der Waals surface area contributed by atoms with Gasteiger partial charge in [0.1, 0.15) is 4.34 Å². The largest absolute Gasteiger partial charge is 0.481 e. The Morgan fingerprint density at radius 1 is 1.67 bits per heavy atom. The highest BCUT2D eigenvalue weighted by molar-refractivity contribution is 8.01. The molecular formula is C10H13NO2S2. The van der Waals surface area contributed by atoms with Gasteiger partial charge in [-0.3, -0.25) is 4.79 Å². The van der Waals surface area contributed by atoms with E-state index in [1.165, 1.54) is 19.3 Å². The smallest absolute Gasteiger partial charge is 0.309 e. The molecule has 1 N–H and O–H groups in total. The second-order valence-corrected chi connectivity index (χ2v) is 5.91. The van der Waals surface area contributed by atoms with Gasteiger partial charge in [-0.15, -0.1) is 11.3 Å². The van der Waals surface area contributed by atoms with Gasteiger partial charge in [0.15, 0.2) is 0 Å². The first kappa shape index (κ1) is 11.0. The fraction of sp³-hybridized carbons (Fsp3) is 0.600. The Labute approximate surface area is 96.9 Å². The zero-order valence-electron chi connectivity index (χ0n) is 8.31. The average molecular weight is 243 g/mol. The van der Waals surface area contributed by atoms with E-state index < -0.39 is 5.97 Å². The highest BCUT2D eigenvalue weighted by Crippen LogP contribution is 2.33. The fourth-order valence-electron chi connectivity index (χ4n) is 1.44. The van der Waals surface area contributed by atoms with Crippen LogP contribution in [0.15, 0.2) is 9.72 Å². The molecule has 1 aliphatic rings. The summed E-state index contributed by atoms with van der Waals surface area (Å²) in [7, 11) is 0. The maximum Gasteiger partial charge on any atom is 0.309 e. The van der Waals surface area contributed by atoms with Crippen LogP contribution in [-0.2, 0) is 11.2 Å². The van der Waals surface area contributed by atoms with Gasteiger partial charge >= 0.3 is 5.97 Å². The summed E-state index contributed by atoms with van der Waals surface area (Å²) in [5.41, 5.74) is 0.684. The van der Waals surface area contributed by atoms with E-state index in [0.717, 1.165) is 16.0 Å². The molecule has 1 aromatic heterocycles. The molecular weight excluding hydrogens is 230 g/mol. The Morgan fingerprint density at radius 2 is 2.47 bits per heavy atom. The molecule has 15 heavy (non-hydrogen) atoms. The third-order valence-corrected chi connectivity index (χ3v) is 4.83. The van der Waals surface area contributed by atoms with Gasteiger partial charge in [-0.25, -0.2) is 4.98 Å². The van der Waals surface area contributed by atoms with E-state index in [4.69, 9.17) is 5.11 Å². The second-order valence-electron chi connectivity index (χ2n) is 3.78. The van der Waals surface area contributed by atoms with Crippen LogP contribution >= 0.6 is 23.1 Å². The maximum atomic E-state index is 10.5. The number of aromatic nitrogens is 1. The Bertz CT molecular complexity index is 347. The van der Waals surface area contributed by atoms with Gasteiger partial charge in [0.2, 0.25) is 0 Å². The van der Waals surface area contributed by atoms with Crippen molar-refractivity contribution < 1.29 is 9.90 Å².